The van der Waals surface area contributed by atoms with Crippen LogP contribution in [0.25, 0.3) is 0 Å². The summed E-state index contributed by atoms with van der Waals surface area (Å²) in [5.41, 5.74) is 4.31. The largest absolute Gasteiger partial charge is 0.301 e. The molecule has 0 aliphatic carbocycles. The van der Waals surface area contributed by atoms with Gasteiger partial charge in [0.1, 0.15) is 17.8 Å². The number of nitrogens with one attached hydrogen (secondary N) is 1. The van der Waals surface area contributed by atoms with E-state index in [9.17, 15) is 4.39 Å². The topological polar surface area (TPSA) is 27.6 Å². The number of anilines is 1. The van der Waals surface area contributed by atoms with E-state index in [1.807, 2.05) is 35.2 Å². The fourth-order valence-electron chi connectivity index (χ4n) is 2.39. The monoisotopic (exact) mass is 333 g/mol. The Balaban J connectivity index is 1.94. The van der Waals surface area contributed by atoms with Crippen LogP contribution in [0, 0.1) is 5.82 Å². The summed E-state index contributed by atoms with van der Waals surface area (Å²) >= 11 is 11.2. The summed E-state index contributed by atoms with van der Waals surface area (Å²) in [6.45, 7) is 0. The van der Waals surface area contributed by atoms with Gasteiger partial charge in [0.2, 0.25) is 0 Å². The number of nitrogens with zero attached hydrogens (tertiary/aromatic N) is 2. The first-order chi connectivity index (χ1) is 10.7. The van der Waals surface area contributed by atoms with E-state index < -0.39 is 0 Å². The minimum atomic E-state index is -0.339. The maximum absolute atomic E-state index is 14.0. The van der Waals surface area contributed by atoms with E-state index in [0.717, 1.165) is 5.69 Å². The van der Waals surface area contributed by atoms with Crippen molar-refractivity contribution in [2.24, 2.45) is 5.10 Å². The lowest BCUT2D eigenvalue weighted by molar-refractivity contribution is 0.616. The summed E-state index contributed by atoms with van der Waals surface area (Å²) in [6, 6.07) is 14.4. The Hall–Kier alpha value is -1.98. The Morgan fingerprint density at radius 1 is 1.23 bits per heavy atom. The molecule has 2 aromatic rings. The predicted octanol–water partition coefficient (Wildman–Crippen LogP) is 3.77. The van der Waals surface area contributed by atoms with Crippen LogP contribution in [0.4, 0.5) is 10.1 Å². The van der Waals surface area contributed by atoms with Crippen LogP contribution in [-0.2, 0) is 6.42 Å². The SMILES string of the molecule is Fc1cccc(Cl)c1CC1=NNC(C=S)N1c1ccccc1. The molecule has 3 rings (SSSR count). The molecule has 6 heteroatoms. The Bertz CT molecular complexity index is 700. The Morgan fingerprint density at radius 2 is 2.00 bits per heavy atom. The lowest BCUT2D eigenvalue weighted by atomic mass is 10.1. The van der Waals surface area contributed by atoms with E-state index in [1.165, 1.54) is 6.07 Å². The van der Waals surface area contributed by atoms with Crippen molar-refractivity contribution in [2.75, 3.05) is 4.90 Å². The van der Waals surface area contributed by atoms with E-state index in [4.69, 9.17) is 23.8 Å². The smallest absolute Gasteiger partial charge is 0.150 e. The quantitative estimate of drug-likeness (QED) is 0.863. The first-order valence-electron chi connectivity index (χ1n) is 6.75. The third-order valence-electron chi connectivity index (χ3n) is 3.44. The van der Waals surface area contributed by atoms with Crippen molar-refractivity contribution in [1.82, 2.24) is 5.43 Å². The fourth-order valence-corrected chi connectivity index (χ4v) is 2.80. The van der Waals surface area contributed by atoms with E-state index in [-0.39, 0.29) is 18.4 Å². The van der Waals surface area contributed by atoms with Gasteiger partial charge in [0.05, 0.1) is 0 Å². The van der Waals surface area contributed by atoms with Crippen LogP contribution in [0.2, 0.25) is 5.02 Å². The first-order valence-corrected chi connectivity index (χ1v) is 7.60. The molecule has 3 nitrogen and oxygen atoms in total. The van der Waals surface area contributed by atoms with E-state index in [1.54, 1.807) is 17.5 Å². The molecule has 0 fully saturated rings. The molecule has 1 atom stereocenters. The second-order valence-corrected chi connectivity index (χ2v) is 5.50. The van der Waals surface area contributed by atoms with Gasteiger partial charge in [-0.05, 0) is 24.3 Å². The fraction of sp³-hybridized carbons (Fsp3) is 0.125. The molecule has 112 valence electrons. The van der Waals surface area contributed by atoms with Crippen molar-refractivity contribution >= 4 is 40.7 Å². The lowest BCUT2D eigenvalue weighted by Crippen LogP contribution is -2.41. The zero-order valence-electron chi connectivity index (χ0n) is 11.5. The molecule has 22 heavy (non-hydrogen) atoms. The lowest BCUT2D eigenvalue weighted by Gasteiger charge is -2.24. The van der Waals surface area contributed by atoms with E-state index >= 15 is 0 Å². The van der Waals surface area contributed by atoms with Gasteiger partial charge in [-0.2, -0.15) is 5.10 Å². The number of rotatable bonds is 4. The van der Waals surface area contributed by atoms with Gasteiger partial charge in [-0.25, -0.2) is 4.39 Å². The van der Waals surface area contributed by atoms with Crippen LogP contribution >= 0.6 is 23.8 Å². The number of thiocarbonyl (C=S) groups is 1. The summed E-state index contributed by atoms with van der Waals surface area (Å²) < 4.78 is 14.0. The molecule has 0 radical (unpaired) electrons. The van der Waals surface area contributed by atoms with Gasteiger partial charge < -0.3 is 4.90 Å². The molecule has 2 aromatic carbocycles. The highest BCUT2D eigenvalue weighted by Crippen LogP contribution is 2.25. The predicted molar refractivity (Wildman–Crippen MR) is 92.0 cm³/mol. The van der Waals surface area contributed by atoms with Crippen LogP contribution in [0.3, 0.4) is 0 Å². The van der Waals surface area contributed by atoms with Crippen molar-refractivity contribution in [3.8, 4) is 0 Å². The average molecular weight is 334 g/mol. The number of hydrogen-bond acceptors (Lipinski definition) is 4. The molecule has 0 saturated carbocycles. The van der Waals surface area contributed by atoms with Crippen LogP contribution in [0.5, 0.6) is 0 Å². The van der Waals surface area contributed by atoms with Gasteiger partial charge in [-0.1, -0.05) is 48.1 Å². The molecule has 1 heterocycles. The molecule has 0 amide bonds. The van der Waals surface area contributed by atoms with Crippen molar-refractivity contribution in [2.45, 2.75) is 12.6 Å². The third kappa shape index (κ3) is 2.82. The maximum Gasteiger partial charge on any atom is 0.150 e. The van der Waals surface area contributed by atoms with Crippen molar-refractivity contribution < 1.29 is 4.39 Å². The number of benzene rings is 2. The van der Waals surface area contributed by atoms with E-state index in [0.29, 0.717) is 16.4 Å². The van der Waals surface area contributed by atoms with Gasteiger partial charge in [0.15, 0.2) is 0 Å². The van der Waals surface area contributed by atoms with Gasteiger partial charge in [0.25, 0.3) is 0 Å². The molecule has 0 saturated heterocycles. The average Bonchev–Trinajstić information content (AvgIpc) is 2.94. The summed E-state index contributed by atoms with van der Waals surface area (Å²) in [4.78, 5) is 1.94. The molecule has 0 bridgehead atoms. The molecular formula is C16H13ClFN3S. The maximum atomic E-state index is 14.0. The highest BCUT2D eigenvalue weighted by molar-refractivity contribution is 7.79. The molecule has 1 unspecified atom stereocenters. The minimum Gasteiger partial charge on any atom is -0.301 e. The van der Waals surface area contributed by atoms with Gasteiger partial charge in [-0.15, -0.1) is 0 Å². The van der Waals surface area contributed by atoms with Crippen LogP contribution < -0.4 is 10.3 Å². The van der Waals surface area contributed by atoms with Crippen molar-refractivity contribution in [3.05, 3.63) is 64.9 Å². The number of hydrazone groups is 1. The molecule has 1 aliphatic heterocycles. The summed E-state index contributed by atoms with van der Waals surface area (Å²) in [6.07, 6.45) is 0.0468. The molecule has 1 aliphatic rings. The summed E-state index contributed by atoms with van der Waals surface area (Å²) in [5.74, 6) is 0.332. The van der Waals surface area contributed by atoms with E-state index in [2.05, 4.69) is 10.5 Å². The summed E-state index contributed by atoms with van der Waals surface area (Å²) in [5, 5.41) is 6.27. The normalized spacial score (nSPS) is 17.1. The Labute approximate surface area is 138 Å². The number of para-hydroxylation sites is 1. The first kappa shape index (κ1) is 14.9. The minimum absolute atomic E-state index is 0.238. The second kappa shape index (κ2) is 6.42. The van der Waals surface area contributed by atoms with Crippen LogP contribution in [-0.4, -0.2) is 17.4 Å². The third-order valence-corrected chi connectivity index (χ3v) is 4.05. The highest BCUT2D eigenvalue weighted by Gasteiger charge is 2.28. The summed E-state index contributed by atoms with van der Waals surface area (Å²) in [7, 11) is 0. The molecule has 0 spiro atoms. The molecule has 1 N–H and O–H groups in total. The number of halogens is 2. The molecule has 0 aromatic heterocycles. The zero-order valence-corrected chi connectivity index (χ0v) is 13.1. The Morgan fingerprint density at radius 3 is 2.68 bits per heavy atom. The number of amidine groups is 1. The van der Waals surface area contributed by atoms with Crippen LogP contribution in [0.15, 0.2) is 53.6 Å². The standard InChI is InChI=1S/C16H13ClFN3S/c17-13-7-4-8-14(18)12(13)9-15-19-20-16(10-22)21(15)11-5-2-1-3-6-11/h1-8,10,16,20H,9H2. The van der Waals surface area contributed by atoms with Gasteiger partial charge in [0, 0.05) is 28.1 Å². The van der Waals surface area contributed by atoms with Gasteiger partial charge >= 0.3 is 0 Å². The second-order valence-electron chi connectivity index (χ2n) is 4.82. The molecular weight excluding hydrogens is 321 g/mol. The highest BCUT2D eigenvalue weighted by atomic mass is 35.5. The number of hydrogen-bond donors (Lipinski definition) is 1. The Kier molecular flexibility index (Phi) is 4.36. The van der Waals surface area contributed by atoms with Gasteiger partial charge in [-0.3, -0.25) is 5.43 Å². The van der Waals surface area contributed by atoms with Crippen molar-refractivity contribution in [3.63, 3.8) is 0 Å². The van der Waals surface area contributed by atoms with Crippen molar-refractivity contribution in [1.29, 1.82) is 0 Å². The van der Waals surface area contributed by atoms with Crippen LogP contribution in [0.1, 0.15) is 5.56 Å². The zero-order chi connectivity index (χ0) is 15.5.